The zero-order chi connectivity index (χ0) is 14.7. The lowest BCUT2D eigenvalue weighted by Crippen LogP contribution is -2.39. The molecule has 0 aromatic heterocycles. The normalized spacial score (nSPS) is 20.6. The average Bonchev–Trinajstić information content (AvgIpc) is 2.89. The van der Waals surface area contributed by atoms with Crippen molar-refractivity contribution in [2.24, 2.45) is 0 Å². The standard InChI is InChI=1S/C18H28N2S/c1-20-11-8-16-12-15(6-7-17(16)20)13-19-14-18(21-2)9-4-3-5-10-18/h6-7,12,19H,3-5,8-11,13-14H2,1-2H3. The number of likely N-dealkylation sites (N-methyl/N-ethyl adjacent to an activating group) is 1. The summed E-state index contributed by atoms with van der Waals surface area (Å²) in [4.78, 5) is 2.36. The lowest BCUT2D eigenvalue weighted by atomic mass is 9.88. The molecule has 116 valence electrons. The van der Waals surface area contributed by atoms with Crippen LogP contribution < -0.4 is 10.2 Å². The largest absolute Gasteiger partial charge is 0.374 e. The van der Waals surface area contributed by atoms with Gasteiger partial charge in [-0.05, 0) is 42.7 Å². The molecular weight excluding hydrogens is 276 g/mol. The number of nitrogens with one attached hydrogen (secondary N) is 1. The van der Waals surface area contributed by atoms with E-state index in [9.17, 15) is 0 Å². The van der Waals surface area contributed by atoms with Crippen LogP contribution in [0.1, 0.15) is 43.2 Å². The summed E-state index contributed by atoms with van der Waals surface area (Å²) < 4.78 is 0.495. The van der Waals surface area contributed by atoms with Crippen molar-refractivity contribution >= 4 is 17.4 Å². The zero-order valence-corrected chi connectivity index (χ0v) is 14.3. The fraction of sp³-hybridized carbons (Fsp3) is 0.667. The monoisotopic (exact) mass is 304 g/mol. The number of rotatable bonds is 5. The molecule has 1 heterocycles. The van der Waals surface area contributed by atoms with Gasteiger partial charge in [-0.1, -0.05) is 31.4 Å². The first-order chi connectivity index (χ1) is 10.2. The molecule has 1 aliphatic heterocycles. The van der Waals surface area contributed by atoms with E-state index in [1.807, 2.05) is 0 Å². The van der Waals surface area contributed by atoms with Crippen LogP contribution in [0.15, 0.2) is 18.2 Å². The number of benzene rings is 1. The minimum Gasteiger partial charge on any atom is -0.374 e. The van der Waals surface area contributed by atoms with Crippen molar-refractivity contribution < 1.29 is 0 Å². The molecule has 0 saturated heterocycles. The van der Waals surface area contributed by atoms with E-state index in [4.69, 9.17) is 0 Å². The molecule has 1 aromatic carbocycles. The summed E-state index contributed by atoms with van der Waals surface area (Å²) in [5.74, 6) is 0. The van der Waals surface area contributed by atoms with Crippen molar-refractivity contribution in [2.45, 2.75) is 49.8 Å². The number of hydrogen-bond acceptors (Lipinski definition) is 3. The molecule has 1 saturated carbocycles. The topological polar surface area (TPSA) is 15.3 Å². The highest BCUT2D eigenvalue weighted by Crippen LogP contribution is 2.38. The first kappa shape index (κ1) is 15.2. The minimum atomic E-state index is 0.495. The van der Waals surface area contributed by atoms with Crippen LogP contribution in [0.25, 0.3) is 0 Å². The van der Waals surface area contributed by atoms with E-state index in [-0.39, 0.29) is 0 Å². The summed E-state index contributed by atoms with van der Waals surface area (Å²) in [6, 6.07) is 6.99. The summed E-state index contributed by atoms with van der Waals surface area (Å²) >= 11 is 2.08. The van der Waals surface area contributed by atoms with Gasteiger partial charge in [0.15, 0.2) is 0 Å². The van der Waals surface area contributed by atoms with Crippen LogP contribution in [-0.4, -0.2) is 31.1 Å². The van der Waals surface area contributed by atoms with Gasteiger partial charge in [0.2, 0.25) is 0 Å². The molecule has 1 aliphatic carbocycles. The number of anilines is 1. The quantitative estimate of drug-likeness (QED) is 0.890. The molecule has 0 amide bonds. The summed E-state index contributed by atoms with van der Waals surface area (Å²) in [5.41, 5.74) is 4.39. The van der Waals surface area contributed by atoms with E-state index in [1.54, 1.807) is 0 Å². The third kappa shape index (κ3) is 3.40. The van der Waals surface area contributed by atoms with E-state index in [0.29, 0.717) is 4.75 Å². The lowest BCUT2D eigenvalue weighted by molar-refractivity contribution is 0.379. The summed E-state index contributed by atoms with van der Waals surface area (Å²) in [7, 11) is 2.19. The fourth-order valence-electron chi connectivity index (χ4n) is 3.81. The third-order valence-corrected chi connectivity index (χ3v) is 6.66. The first-order valence-corrected chi connectivity index (χ1v) is 9.54. The SMILES string of the molecule is CSC1(CNCc2ccc3c(c2)CCN3C)CCCCC1. The van der Waals surface area contributed by atoms with Crippen LogP contribution in [0.4, 0.5) is 5.69 Å². The fourth-order valence-corrected chi connectivity index (χ4v) is 4.76. The predicted molar refractivity (Wildman–Crippen MR) is 94.5 cm³/mol. The molecule has 0 radical (unpaired) electrons. The Morgan fingerprint density at radius 1 is 1.24 bits per heavy atom. The average molecular weight is 305 g/mol. The van der Waals surface area contributed by atoms with Gasteiger partial charge < -0.3 is 10.2 Å². The van der Waals surface area contributed by atoms with Crippen LogP contribution in [-0.2, 0) is 13.0 Å². The Morgan fingerprint density at radius 2 is 2.05 bits per heavy atom. The van der Waals surface area contributed by atoms with Gasteiger partial charge in [0.05, 0.1) is 0 Å². The molecule has 1 aromatic rings. The zero-order valence-electron chi connectivity index (χ0n) is 13.5. The van der Waals surface area contributed by atoms with Crippen molar-refractivity contribution in [3.05, 3.63) is 29.3 Å². The molecule has 0 atom stereocenters. The molecule has 0 unspecified atom stereocenters. The van der Waals surface area contributed by atoms with Gasteiger partial charge in [-0.3, -0.25) is 0 Å². The van der Waals surface area contributed by atoms with E-state index in [2.05, 4.69) is 53.5 Å². The summed E-state index contributed by atoms with van der Waals surface area (Å²) in [6.07, 6.45) is 10.5. The second-order valence-electron chi connectivity index (χ2n) is 6.69. The summed E-state index contributed by atoms with van der Waals surface area (Å²) in [5, 5.41) is 3.73. The van der Waals surface area contributed by atoms with Crippen LogP contribution in [0.3, 0.4) is 0 Å². The minimum absolute atomic E-state index is 0.495. The summed E-state index contributed by atoms with van der Waals surface area (Å²) in [6.45, 7) is 3.34. The van der Waals surface area contributed by atoms with Gasteiger partial charge in [-0.15, -0.1) is 0 Å². The Kier molecular flexibility index (Phi) is 4.80. The maximum absolute atomic E-state index is 3.73. The second kappa shape index (κ2) is 6.62. The van der Waals surface area contributed by atoms with E-state index in [0.717, 1.165) is 13.1 Å². The van der Waals surface area contributed by atoms with Gasteiger partial charge in [0, 0.05) is 37.1 Å². The number of fused-ring (bicyclic) bond motifs is 1. The highest BCUT2D eigenvalue weighted by Gasteiger charge is 2.30. The molecule has 3 rings (SSSR count). The Labute approximate surface area is 133 Å². The Bertz CT molecular complexity index is 480. The molecule has 1 N–H and O–H groups in total. The molecule has 0 bridgehead atoms. The van der Waals surface area contributed by atoms with Gasteiger partial charge in [-0.2, -0.15) is 11.8 Å². The first-order valence-electron chi connectivity index (χ1n) is 8.31. The molecule has 2 nitrogen and oxygen atoms in total. The lowest BCUT2D eigenvalue weighted by Gasteiger charge is -2.36. The molecule has 1 fully saturated rings. The van der Waals surface area contributed by atoms with Crippen LogP contribution >= 0.6 is 11.8 Å². The highest BCUT2D eigenvalue weighted by molar-refractivity contribution is 8.00. The molecule has 0 spiro atoms. The number of hydrogen-bond donors (Lipinski definition) is 1. The maximum atomic E-state index is 3.73. The number of nitrogens with zero attached hydrogens (tertiary/aromatic N) is 1. The predicted octanol–water partition coefficient (Wildman–Crippen LogP) is 3.83. The molecule has 21 heavy (non-hydrogen) atoms. The van der Waals surface area contributed by atoms with Crippen molar-refractivity contribution in [3.63, 3.8) is 0 Å². The smallest absolute Gasteiger partial charge is 0.0397 e. The highest BCUT2D eigenvalue weighted by atomic mass is 32.2. The van der Waals surface area contributed by atoms with Gasteiger partial charge >= 0.3 is 0 Å². The van der Waals surface area contributed by atoms with Crippen LogP contribution in [0.2, 0.25) is 0 Å². The molecule has 2 aliphatic rings. The van der Waals surface area contributed by atoms with Crippen LogP contribution in [0, 0.1) is 0 Å². The third-order valence-electron chi connectivity index (χ3n) is 5.25. The van der Waals surface area contributed by atoms with Gasteiger partial charge in [0.1, 0.15) is 0 Å². The van der Waals surface area contributed by atoms with Crippen molar-refractivity contribution in [1.29, 1.82) is 0 Å². The second-order valence-corrected chi connectivity index (χ2v) is 7.96. The Balaban J connectivity index is 1.55. The van der Waals surface area contributed by atoms with E-state index < -0.39 is 0 Å². The van der Waals surface area contributed by atoms with E-state index >= 15 is 0 Å². The van der Waals surface area contributed by atoms with Gasteiger partial charge in [0.25, 0.3) is 0 Å². The van der Waals surface area contributed by atoms with Crippen molar-refractivity contribution in [3.8, 4) is 0 Å². The van der Waals surface area contributed by atoms with E-state index in [1.165, 1.54) is 61.9 Å². The molecule has 3 heteroatoms. The Hall–Kier alpha value is -0.670. The molecular formula is C18H28N2S. The number of thioether (sulfide) groups is 1. The van der Waals surface area contributed by atoms with Crippen molar-refractivity contribution in [1.82, 2.24) is 5.32 Å². The maximum Gasteiger partial charge on any atom is 0.0397 e. The van der Waals surface area contributed by atoms with Crippen molar-refractivity contribution in [2.75, 3.05) is 31.3 Å². The Morgan fingerprint density at radius 3 is 2.81 bits per heavy atom. The van der Waals surface area contributed by atoms with Crippen LogP contribution in [0.5, 0.6) is 0 Å². The van der Waals surface area contributed by atoms with Gasteiger partial charge in [-0.25, -0.2) is 0 Å².